The van der Waals surface area contributed by atoms with E-state index in [0.717, 1.165) is 24.3 Å². The molecule has 0 bridgehead atoms. The topological polar surface area (TPSA) is 110 Å². The third kappa shape index (κ3) is 5.07. The highest BCUT2D eigenvalue weighted by atomic mass is 32.2. The van der Waals surface area contributed by atoms with Crippen molar-refractivity contribution in [2.24, 2.45) is 19.4 Å². The zero-order chi connectivity index (χ0) is 23.4. The Morgan fingerprint density at radius 1 is 0.909 bits per heavy atom. The maximum Gasteiger partial charge on any atom is 0.338 e. The van der Waals surface area contributed by atoms with E-state index >= 15 is 0 Å². The first-order valence-corrected chi connectivity index (χ1v) is 11.3. The van der Waals surface area contributed by atoms with Crippen molar-refractivity contribution < 1.29 is 22.3 Å². The predicted molar refractivity (Wildman–Crippen MR) is 119 cm³/mol. The van der Waals surface area contributed by atoms with Gasteiger partial charge in [-0.05, 0) is 67.6 Å². The number of hydrogen-bond donors (Lipinski definition) is 0. The summed E-state index contributed by atoms with van der Waals surface area (Å²) in [6.45, 7) is 1.97. The highest BCUT2D eigenvalue weighted by Gasteiger charge is 2.20. The fourth-order valence-electron chi connectivity index (χ4n) is 2.90. The third-order valence-corrected chi connectivity index (χ3v) is 5.75. The van der Waals surface area contributed by atoms with Crippen LogP contribution in [0.15, 0.2) is 97.1 Å². The van der Waals surface area contributed by atoms with Crippen molar-refractivity contribution in [3.8, 4) is 0 Å². The minimum atomic E-state index is -4.20. The molecular weight excluding hydrogens is 447 g/mol. The van der Waals surface area contributed by atoms with Gasteiger partial charge in [-0.3, -0.25) is 0 Å². The van der Waals surface area contributed by atoms with E-state index in [1.54, 1.807) is 43.3 Å². The summed E-state index contributed by atoms with van der Waals surface area (Å²) in [5, 5.41) is 0.930. The Bertz CT molecular complexity index is 1500. The van der Waals surface area contributed by atoms with Gasteiger partial charge >= 0.3 is 5.97 Å². The fraction of sp³-hybridized carbons (Fsp3) is 0.0870. The summed E-state index contributed by atoms with van der Waals surface area (Å²) in [5.74, 6) is -1.27. The fourth-order valence-corrected chi connectivity index (χ4v) is 3.84. The largest absolute Gasteiger partial charge is 0.462 e. The molecule has 0 aromatic heterocycles. The van der Waals surface area contributed by atoms with E-state index in [0.29, 0.717) is 22.0 Å². The molecule has 1 heterocycles. The van der Waals surface area contributed by atoms with Crippen LogP contribution >= 0.6 is 0 Å². The molecule has 1 aliphatic heterocycles. The maximum absolute atomic E-state index is 13.2. The van der Waals surface area contributed by atoms with Gasteiger partial charge in [0.25, 0.3) is 10.0 Å². The highest BCUT2D eigenvalue weighted by Crippen LogP contribution is 2.17. The van der Waals surface area contributed by atoms with Crippen LogP contribution in [0, 0.1) is 5.82 Å². The van der Waals surface area contributed by atoms with E-state index in [2.05, 4.69) is 19.4 Å². The van der Waals surface area contributed by atoms with Crippen molar-refractivity contribution in [3.05, 3.63) is 94.9 Å². The lowest BCUT2D eigenvalue weighted by Gasteiger charge is -2.07. The number of hydrogen-bond acceptors (Lipinski definition) is 5. The Hall–Kier alpha value is -4.05. The van der Waals surface area contributed by atoms with Crippen LogP contribution in [-0.4, -0.2) is 32.7 Å². The van der Waals surface area contributed by atoms with Crippen LogP contribution in [0.5, 0.6) is 0 Å². The number of fused-ring (bicyclic) bond motifs is 1. The maximum atomic E-state index is 13.2. The normalized spacial score (nSPS) is 15.5. The van der Waals surface area contributed by atoms with E-state index < -0.39 is 21.8 Å². The van der Waals surface area contributed by atoms with Crippen LogP contribution in [0.4, 0.5) is 10.1 Å². The summed E-state index contributed by atoms with van der Waals surface area (Å²) >= 11 is 0. The minimum Gasteiger partial charge on any atom is -0.462 e. The number of esters is 1. The van der Waals surface area contributed by atoms with Crippen molar-refractivity contribution >= 4 is 33.4 Å². The predicted octanol–water partition coefficient (Wildman–Crippen LogP) is 2.77. The highest BCUT2D eigenvalue weighted by molar-refractivity contribution is 7.90. The molecule has 0 saturated carbocycles. The first-order chi connectivity index (χ1) is 15.9. The van der Waals surface area contributed by atoms with Crippen molar-refractivity contribution in [3.63, 3.8) is 0 Å². The summed E-state index contributed by atoms with van der Waals surface area (Å²) in [4.78, 5) is 24.8. The van der Waals surface area contributed by atoms with Gasteiger partial charge in [0.2, 0.25) is 5.84 Å². The average Bonchev–Trinajstić information content (AvgIpc) is 2.80. The molecule has 0 atom stereocenters. The number of rotatable bonds is 5. The second-order valence-corrected chi connectivity index (χ2v) is 8.36. The quantitative estimate of drug-likeness (QED) is 0.541. The lowest BCUT2D eigenvalue weighted by molar-refractivity contribution is 0.0526. The van der Waals surface area contributed by atoms with Gasteiger partial charge in [0.1, 0.15) is 5.82 Å². The Morgan fingerprint density at radius 2 is 1.52 bits per heavy atom. The van der Waals surface area contributed by atoms with Gasteiger partial charge in [-0.15, -0.1) is 4.40 Å². The van der Waals surface area contributed by atoms with Crippen LogP contribution in [0.3, 0.4) is 0 Å². The van der Waals surface area contributed by atoms with Crippen molar-refractivity contribution in [1.29, 1.82) is 0 Å². The lowest BCUT2D eigenvalue weighted by Crippen LogP contribution is -2.34. The molecule has 166 valence electrons. The number of carbonyl (C=O) groups is 1. The molecule has 0 spiro atoms. The molecule has 0 N–H and O–H groups in total. The Morgan fingerprint density at radius 3 is 2.12 bits per heavy atom. The van der Waals surface area contributed by atoms with E-state index in [-0.39, 0.29) is 23.2 Å². The second-order valence-electron chi connectivity index (χ2n) is 6.76. The van der Waals surface area contributed by atoms with E-state index in [4.69, 9.17) is 4.74 Å². The third-order valence-electron chi connectivity index (χ3n) is 4.47. The zero-order valence-corrected chi connectivity index (χ0v) is 18.2. The molecule has 3 aromatic carbocycles. The number of sulfonamides is 1. The molecule has 0 radical (unpaired) electrons. The Kier molecular flexibility index (Phi) is 6.18. The first-order valence-electron chi connectivity index (χ1n) is 9.85. The number of halogens is 1. The van der Waals surface area contributed by atoms with Gasteiger partial charge in [0.15, 0.2) is 5.84 Å². The SMILES string of the molecule is CCOC(=O)c1ccc(N=C2N=c3ccccc3=N/C2=N\S(=O)(=O)c2ccc(F)cc2)cc1. The number of aliphatic imine (C=N–C) groups is 1. The van der Waals surface area contributed by atoms with Gasteiger partial charge < -0.3 is 4.74 Å². The van der Waals surface area contributed by atoms with Crippen LogP contribution in [0.2, 0.25) is 0 Å². The number of carbonyl (C=O) groups excluding carboxylic acids is 1. The molecule has 33 heavy (non-hydrogen) atoms. The number of benzene rings is 3. The smallest absolute Gasteiger partial charge is 0.338 e. The lowest BCUT2D eigenvalue weighted by atomic mass is 10.2. The van der Waals surface area contributed by atoms with Crippen LogP contribution in [0.1, 0.15) is 17.3 Å². The molecule has 0 amide bonds. The minimum absolute atomic E-state index is 0.0247. The Labute approximate surface area is 188 Å². The molecule has 8 nitrogen and oxygen atoms in total. The molecule has 4 rings (SSSR count). The average molecular weight is 464 g/mol. The monoisotopic (exact) mass is 464 g/mol. The number of ether oxygens (including phenoxy) is 1. The van der Waals surface area contributed by atoms with E-state index in [1.807, 2.05) is 0 Å². The van der Waals surface area contributed by atoms with Gasteiger partial charge in [-0.25, -0.2) is 24.2 Å². The zero-order valence-electron chi connectivity index (χ0n) is 17.3. The number of nitrogens with zero attached hydrogens (tertiary/aromatic N) is 4. The summed E-state index contributed by atoms with van der Waals surface area (Å²) in [7, 11) is -4.20. The van der Waals surface area contributed by atoms with Crippen LogP contribution < -0.4 is 10.7 Å². The molecule has 3 aromatic rings. The summed E-state index contributed by atoms with van der Waals surface area (Å²) in [6.07, 6.45) is 0. The number of para-hydroxylation sites is 2. The summed E-state index contributed by atoms with van der Waals surface area (Å²) < 4.78 is 47.6. The Balaban J connectivity index is 1.79. The molecule has 0 unspecified atom stereocenters. The van der Waals surface area contributed by atoms with Gasteiger partial charge in [0, 0.05) is 0 Å². The molecule has 0 fully saturated rings. The van der Waals surface area contributed by atoms with Crippen molar-refractivity contribution in [1.82, 2.24) is 0 Å². The van der Waals surface area contributed by atoms with Crippen molar-refractivity contribution in [2.45, 2.75) is 11.8 Å². The molecule has 0 aliphatic carbocycles. The second kappa shape index (κ2) is 9.21. The number of amidine groups is 2. The standard InChI is InChI=1S/C23H17FN4O4S/c1-2-32-23(29)15-7-11-17(12-8-15)25-21-22(27-20-6-4-3-5-19(20)26-21)28-33(30,31)18-13-9-16(24)10-14-18/h3-14H,2H2,1H3/b25-21?,28-22-. The molecule has 1 aliphatic rings. The summed E-state index contributed by atoms with van der Waals surface area (Å²) in [6, 6.07) is 17.4. The first kappa shape index (κ1) is 22.2. The van der Waals surface area contributed by atoms with Crippen LogP contribution in [0.25, 0.3) is 0 Å². The van der Waals surface area contributed by atoms with Crippen LogP contribution in [-0.2, 0) is 14.8 Å². The van der Waals surface area contributed by atoms with Crippen molar-refractivity contribution in [2.75, 3.05) is 6.61 Å². The van der Waals surface area contributed by atoms with Gasteiger partial charge in [0.05, 0.1) is 33.5 Å². The van der Waals surface area contributed by atoms with E-state index in [9.17, 15) is 17.6 Å². The molecule has 0 saturated heterocycles. The van der Waals surface area contributed by atoms with Gasteiger partial charge in [-0.1, -0.05) is 12.1 Å². The van der Waals surface area contributed by atoms with E-state index in [1.165, 1.54) is 12.1 Å². The summed E-state index contributed by atoms with van der Waals surface area (Å²) in [5.41, 5.74) is 0.757. The molecule has 10 heteroatoms. The van der Waals surface area contributed by atoms with Gasteiger partial charge in [-0.2, -0.15) is 8.42 Å². The molecular formula is C23H17FN4O4S.